The molecule has 0 amide bonds. The molecular formula is C12H18ClFN2O2S. The minimum absolute atomic E-state index is 0. The summed E-state index contributed by atoms with van der Waals surface area (Å²) < 4.78 is 40.0. The van der Waals surface area contributed by atoms with Crippen molar-refractivity contribution >= 4 is 22.4 Å². The molecule has 1 saturated heterocycles. The van der Waals surface area contributed by atoms with Crippen molar-refractivity contribution in [1.82, 2.24) is 10.0 Å². The lowest BCUT2D eigenvalue weighted by Gasteiger charge is -2.23. The third kappa shape index (κ3) is 4.14. The molecule has 4 nitrogen and oxygen atoms in total. The van der Waals surface area contributed by atoms with Crippen LogP contribution in [0.5, 0.6) is 0 Å². The van der Waals surface area contributed by atoms with Gasteiger partial charge >= 0.3 is 0 Å². The molecule has 0 aliphatic carbocycles. The fraction of sp³-hybridized carbons (Fsp3) is 0.500. The normalized spacial score (nSPS) is 16.9. The van der Waals surface area contributed by atoms with Crippen molar-refractivity contribution in [3.8, 4) is 0 Å². The fourth-order valence-corrected chi connectivity index (χ4v) is 3.67. The van der Waals surface area contributed by atoms with Gasteiger partial charge in [-0.15, -0.1) is 12.4 Å². The highest BCUT2D eigenvalue weighted by atomic mass is 35.5. The molecule has 1 fully saturated rings. The van der Waals surface area contributed by atoms with Gasteiger partial charge in [-0.1, -0.05) is 0 Å². The third-order valence-corrected chi connectivity index (χ3v) is 4.77. The fourth-order valence-electron chi connectivity index (χ4n) is 2.14. The van der Waals surface area contributed by atoms with Crippen LogP contribution in [-0.4, -0.2) is 27.5 Å². The second kappa shape index (κ2) is 6.65. The SMILES string of the molecule is Cc1cc(F)ccc1S(=O)(=O)NC1CCNCC1.Cl. The molecule has 1 aromatic carbocycles. The van der Waals surface area contributed by atoms with E-state index in [4.69, 9.17) is 0 Å². The van der Waals surface area contributed by atoms with Crippen LogP contribution < -0.4 is 10.0 Å². The first-order valence-corrected chi connectivity index (χ1v) is 7.46. The van der Waals surface area contributed by atoms with Gasteiger partial charge in [-0.3, -0.25) is 0 Å². The molecular weight excluding hydrogens is 291 g/mol. The first-order valence-electron chi connectivity index (χ1n) is 5.98. The van der Waals surface area contributed by atoms with E-state index in [0.29, 0.717) is 5.56 Å². The van der Waals surface area contributed by atoms with Crippen LogP contribution >= 0.6 is 12.4 Å². The van der Waals surface area contributed by atoms with E-state index in [0.717, 1.165) is 25.9 Å². The van der Waals surface area contributed by atoms with Crippen LogP contribution in [0.25, 0.3) is 0 Å². The number of aryl methyl sites for hydroxylation is 1. The summed E-state index contributed by atoms with van der Waals surface area (Å²) in [6.45, 7) is 3.23. The Morgan fingerprint density at radius 2 is 1.95 bits per heavy atom. The molecule has 0 atom stereocenters. The van der Waals surface area contributed by atoms with E-state index < -0.39 is 15.8 Å². The minimum Gasteiger partial charge on any atom is -0.317 e. The average Bonchev–Trinajstić information content (AvgIpc) is 2.29. The van der Waals surface area contributed by atoms with E-state index in [-0.39, 0.29) is 23.3 Å². The number of halogens is 2. The zero-order chi connectivity index (χ0) is 13.2. The maximum absolute atomic E-state index is 13.0. The number of hydrogen-bond donors (Lipinski definition) is 2. The molecule has 0 spiro atoms. The summed E-state index contributed by atoms with van der Waals surface area (Å²) in [7, 11) is -3.55. The summed E-state index contributed by atoms with van der Waals surface area (Å²) in [5, 5.41) is 3.17. The van der Waals surface area contributed by atoms with E-state index in [1.165, 1.54) is 18.2 Å². The maximum Gasteiger partial charge on any atom is 0.241 e. The van der Waals surface area contributed by atoms with Gasteiger partial charge in [0.25, 0.3) is 0 Å². The van der Waals surface area contributed by atoms with Crippen LogP contribution in [0.4, 0.5) is 4.39 Å². The Morgan fingerprint density at radius 3 is 2.53 bits per heavy atom. The predicted octanol–water partition coefficient (Wildman–Crippen LogP) is 1.59. The molecule has 0 saturated carbocycles. The van der Waals surface area contributed by atoms with Gasteiger partial charge in [0, 0.05) is 6.04 Å². The average molecular weight is 309 g/mol. The van der Waals surface area contributed by atoms with E-state index in [2.05, 4.69) is 10.0 Å². The molecule has 108 valence electrons. The van der Waals surface area contributed by atoms with Crippen molar-refractivity contribution < 1.29 is 12.8 Å². The molecule has 0 radical (unpaired) electrons. The summed E-state index contributed by atoms with van der Waals surface area (Å²) >= 11 is 0. The number of piperidine rings is 1. The molecule has 1 aromatic rings. The van der Waals surface area contributed by atoms with Crippen LogP contribution in [0.15, 0.2) is 23.1 Å². The van der Waals surface area contributed by atoms with Crippen molar-refractivity contribution in [2.75, 3.05) is 13.1 Å². The second-order valence-electron chi connectivity index (χ2n) is 4.56. The molecule has 0 unspecified atom stereocenters. The van der Waals surface area contributed by atoms with Crippen molar-refractivity contribution in [2.24, 2.45) is 0 Å². The van der Waals surface area contributed by atoms with Crippen LogP contribution in [0.1, 0.15) is 18.4 Å². The molecule has 1 heterocycles. The number of nitrogens with one attached hydrogen (secondary N) is 2. The second-order valence-corrected chi connectivity index (χ2v) is 6.24. The molecule has 7 heteroatoms. The first-order chi connectivity index (χ1) is 8.49. The van der Waals surface area contributed by atoms with E-state index in [1.807, 2.05) is 0 Å². The van der Waals surface area contributed by atoms with Crippen LogP contribution in [-0.2, 0) is 10.0 Å². The summed E-state index contributed by atoms with van der Waals surface area (Å²) in [6, 6.07) is 3.68. The largest absolute Gasteiger partial charge is 0.317 e. The number of rotatable bonds is 3. The standard InChI is InChI=1S/C12H17FN2O2S.ClH/c1-9-8-10(13)2-3-12(9)18(16,17)15-11-4-6-14-7-5-11;/h2-3,8,11,14-15H,4-7H2,1H3;1H. The van der Waals surface area contributed by atoms with Crippen molar-refractivity contribution in [3.05, 3.63) is 29.6 Å². The Bertz CT molecular complexity index is 531. The molecule has 2 rings (SSSR count). The van der Waals surface area contributed by atoms with Crippen molar-refractivity contribution in [3.63, 3.8) is 0 Å². The smallest absolute Gasteiger partial charge is 0.241 e. The number of benzene rings is 1. The number of sulfonamides is 1. The van der Waals surface area contributed by atoms with E-state index >= 15 is 0 Å². The Labute approximate surface area is 119 Å². The summed E-state index contributed by atoms with van der Waals surface area (Å²) in [6.07, 6.45) is 1.55. The highest BCUT2D eigenvalue weighted by molar-refractivity contribution is 7.89. The van der Waals surface area contributed by atoms with Crippen molar-refractivity contribution in [1.29, 1.82) is 0 Å². The topological polar surface area (TPSA) is 58.2 Å². The zero-order valence-electron chi connectivity index (χ0n) is 10.6. The van der Waals surface area contributed by atoms with Gasteiger partial charge in [-0.2, -0.15) is 0 Å². The van der Waals surface area contributed by atoms with Crippen molar-refractivity contribution in [2.45, 2.75) is 30.7 Å². The van der Waals surface area contributed by atoms with E-state index in [9.17, 15) is 12.8 Å². The summed E-state index contributed by atoms with van der Waals surface area (Å²) in [4.78, 5) is 0.155. The molecule has 1 aliphatic heterocycles. The third-order valence-electron chi connectivity index (χ3n) is 3.09. The Balaban J connectivity index is 0.00000180. The molecule has 0 aromatic heterocycles. The van der Waals surface area contributed by atoms with Crippen LogP contribution in [0, 0.1) is 12.7 Å². The van der Waals surface area contributed by atoms with Gasteiger partial charge in [0.1, 0.15) is 5.82 Å². The van der Waals surface area contributed by atoms with Gasteiger partial charge in [0.05, 0.1) is 4.90 Å². The lowest BCUT2D eigenvalue weighted by molar-refractivity contribution is 0.427. The summed E-state index contributed by atoms with van der Waals surface area (Å²) in [5.74, 6) is -0.423. The maximum atomic E-state index is 13.0. The lowest BCUT2D eigenvalue weighted by atomic mass is 10.1. The lowest BCUT2D eigenvalue weighted by Crippen LogP contribution is -2.42. The van der Waals surface area contributed by atoms with Gasteiger partial charge in [-0.05, 0) is 56.6 Å². The minimum atomic E-state index is -3.55. The molecule has 19 heavy (non-hydrogen) atoms. The van der Waals surface area contributed by atoms with Gasteiger partial charge in [0.15, 0.2) is 0 Å². The van der Waals surface area contributed by atoms with Crippen LogP contribution in [0.2, 0.25) is 0 Å². The molecule has 2 N–H and O–H groups in total. The Kier molecular flexibility index (Phi) is 5.73. The van der Waals surface area contributed by atoms with Gasteiger partial charge in [0.2, 0.25) is 10.0 Å². The van der Waals surface area contributed by atoms with E-state index in [1.54, 1.807) is 6.92 Å². The number of hydrogen-bond acceptors (Lipinski definition) is 3. The molecule has 0 bridgehead atoms. The van der Waals surface area contributed by atoms with Crippen LogP contribution in [0.3, 0.4) is 0 Å². The highest BCUT2D eigenvalue weighted by Crippen LogP contribution is 2.17. The first kappa shape index (κ1) is 16.4. The van der Waals surface area contributed by atoms with Gasteiger partial charge in [-0.25, -0.2) is 17.5 Å². The highest BCUT2D eigenvalue weighted by Gasteiger charge is 2.23. The monoisotopic (exact) mass is 308 g/mol. The zero-order valence-corrected chi connectivity index (χ0v) is 12.3. The Hall–Kier alpha value is -0.690. The summed E-state index contributed by atoms with van der Waals surface area (Å²) in [5.41, 5.74) is 0.427. The van der Waals surface area contributed by atoms with Gasteiger partial charge < -0.3 is 5.32 Å². The Morgan fingerprint density at radius 1 is 1.32 bits per heavy atom. The predicted molar refractivity (Wildman–Crippen MR) is 74.6 cm³/mol. The molecule has 1 aliphatic rings. The quantitative estimate of drug-likeness (QED) is 0.891.